The van der Waals surface area contributed by atoms with Gasteiger partial charge in [-0.1, -0.05) is 32.9 Å². The molecule has 1 aliphatic rings. The summed E-state index contributed by atoms with van der Waals surface area (Å²) < 4.78 is 5.87. The molecule has 5 heteroatoms. The highest BCUT2D eigenvalue weighted by molar-refractivity contribution is 6.05. The van der Waals surface area contributed by atoms with Crippen molar-refractivity contribution in [2.45, 2.75) is 40.0 Å². The number of fused-ring (bicyclic) bond motifs is 1. The molecule has 1 heterocycles. The SMILES string of the molecule is CN1C(=O)C(C)(C)COc2cc(NC(=O)c3ccc(C(C)(C)C)cc3)ccc21. The first-order valence-electron chi connectivity index (χ1n) is 9.46. The third-order valence-corrected chi connectivity index (χ3v) is 5.06. The minimum Gasteiger partial charge on any atom is -0.490 e. The van der Waals surface area contributed by atoms with Crippen LogP contribution in [-0.4, -0.2) is 25.5 Å². The molecule has 0 atom stereocenters. The highest BCUT2D eigenvalue weighted by Gasteiger charge is 2.36. The Morgan fingerprint density at radius 3 is 2.36 bits per heavy atom. The van der Waals surface area contributed by atoms with E-state index in [-0.39, 0.29) is 23.8 Å². The Bertz CT molecular complexity index is 908. The molecule has 28 heavy (non-hydrogen) atoms. The average molecular weight is 380 g/mol. The van der Waals surface area contributed by atoms with Gasteiger partial charge >= 0.3 is 0 Å². The monoisotopic (exact) mass is 380 g/mol. The van der Waals surface area contributed by atoms with E-state index < -0.39 is 5.41 Å². The number of nitrogens with zero attached hydrogens (tertiary/aromatic N) is 1. The molecule has 0 spiro atoms. The average Bonchev–Trinajstić information content (AvgIpc) is 2.72. The van der Waals surface area contributed by atoms with Crippen LogP contribution < -0.4 is 15.0 Å². The van der Waals surface area contributed by atoms with Gasteiger partial charge in [0.25, 0.3) is 5.91 Å². The van der Waals surface area contributed by atoms with Gasteiger partial charge in [-0.05, 0) is 49.1 Å². The zero-order chi connectivity index (χ0) is 20.7. The van der Waals surface area contributed by atoms with Crippen molar-refractivity contribution in [3.63, 3.8) is 0 Å². The quantitative estimate of drug-likeness (QED) is 0.827. The van der Waals surface area contributed by atoms with E-state index in [4.69, 9.17) is 4.74 Å². The Morgan fingerprint density at radius 1 is 1.11 bits per heavy atom. The third kappa shape index (κ3) is 3.88. The van der Waals surface area contributed by atoms with E-state index in [2.05, 4.69) is 26.1 Å². The molecule has 0 fully saturated rings. The molecule has 0 radical (unpaired) electrons. The summed E-state index contributed by atoms with van der Waals surface area (Å²) in [6.07, 6.45) is 0. The molecule has 3 rings (SSSR count). The van der Waals surface area contributed by atoms with Crippen LogP contribution in [0.4, 0.5) is 11.4 Å². The summed E-state index contributed by atoms with van der Waals surface area (Å²) in [7, 11) is 1.74. The summed E-state index contributed by atoms with van der Waals surface area (Å²) in [5, 5.41) is 2.91. The highest BCUT2D eigenvalue weighted by Crippen LogP contribution is 2.37. The highest BCUT2D eigenvalue weighted by atomic mass is 16.5. The van der Waals surface area contributed by atoms with Crippen LogP contribution in [0.5, 0.6) is 5.75 Å². The van der Waals surface area contributed by atoms with E-state index in [0.29, 0.717) is 22.7 Å². The molecule has 1 N–H and O–H groups in total. The van der Waals surface area contributed by atoms with Crippen molar-refractivity contribution < 1.29 is 14.3 Å². The number of amides is 2. The molecule has 5 nitrogen and oxygen atoms in total. The second-order valence-corrected chi connectivity index (χ2v) is 9.00. The fourth-order valence-electron chi connectivity index (χ4n) is 3.19. The predicted molar refractivity (Wildman–Crippen MR) is 112 cm³/mol. The van der Waals surface area contributed by atoms with Gasteiger partial charge in [-0.25, -0.2) is 0 Å². The minimum atomic E-state index is -0.605. The molecule has 2 aromatic carbocycles. The van der Waals surface area contributed by atoms with Crippen LogP contribution in [0.2, 0.25) is 0 Å². The van der Waals surface area contributed by atoms with Crippen LogP contribution in [-0.2, 0) is 10.2 Å². The Morgan fingerprint density at radius 2 is 1.75 bits per heavy atom. The topological polar surface area (TPSA) is 58.6 Å². The summed E-state index contributed by atoms with van der Waals surface area (Å²) in [6, 6.07) is 13.0. The van der Waals surface area contributed by atoms with Crippen molar-refractivity contribution >= 4 is 23.2 Å². The van der Waals surface area contributed by atoms with Gasteiger partial charge < -0.3 is 15.0 Å². The van der Waals surface area contributed by atoms with Gasteiger partial charge in [0, 0.05) is 24.4 Å². The van der Waals surface area contributed by atoms with E-state index in [1.807, 2.05) is 38.1 Å². The molecule has 0 saturated heterocycles. The maximum atomic E-state index is 12.6. The molecular weight excluding hydrogens is 352 g/mol. The van der Waals surface area contributed by atoms with E-state index in [0.717, 1.165) is 0 Å². The Kier molecular flexibility index (Phi) is 4.96. The van der Waals surface area contributed by atoms with E-state index in [9.17, 15) is 9.59 Å². The number of hydrogen-bond acceptors (Lipinski definition) is 3. The molecule has 0 bridgehead atoms. The van der Waals surface area contributed by atoms with Gasteiger partial charge in [0.1, 0.15) is 12.4 Å². The van der Waals surface area contributed by atoms with Crippen molar-refractivity contribution in [1.82, 2.24) is 0 Å². The lowest BCUT2D eigenvalue weighted by atomic mass is 9.87. The second kappa shape index (κ2) is 6.97. The number of rotatable bonds is 2. The van der Waals surface area contributed by atoms with Crippen LogP contribution in [0.3, 0.4) is 0 Å². The summed E-state index contributed by atoms with van der Waals surface area (Å²) in [4.78, 5) is 26.8. The van der Waals surface area contributed by atoms with Gasteiger partial charge in [0.2, 0.25) is 5.91 Å². The normalized spacial score (nSPS) is 16.1. The standard InChI is InChI=1S/C23H28N2O3/c1-22(2,3)16-9-7-15(8-10-16)20(26)24-17-11-12-18-19(13-17)28-14-23(4,5)21(27)25(18)6/h7-13H,14H2,1-6H3,(H,24,26). The fourth-order valence-corrected chi connectivity index (χ4v) is 3.19. The predicted octanol–water partition coefficient (Wildman–Crippen LogP) is 4.62. The third-order valence-electron chi connectivity index (χ3n) is 5.06. The van der Waals surface area contributed by atoms with Crippen LogP contribution in [0, 0.1) is 5.41 Å². The van der Waals surface area contributed by atoms with Gasteiger partial charge in [-0.3, -0.25) is 9.59 Å². The number of ether oxygens (including phenoxy) is 1. The molecule has 148 valence electrons. The maximum Gasteiger partial charge on any atom is 0.255 e. The van der Waals surface area contributed by atoms with Crippen molar-refractivity contribution in [1.29, 1.82) is 0 Å². The lowest BCUT2D eigenvalue weighted by Gasteiger charge is -2.24. The first kappa shape index (κ1) is 19.9. The summed E-state index contributed by atoms with van der Waals surface area (Å²) >= 11 is 0. The number of carbonyl (C=O) groups is 2. The first-order valence-corrected chi connectivity index (χ1v) is 9.46. The molecule has 1 aliphatic heterocycles. The first-order chi connectivity index (χ1) is 13.0. The summed E-state index contributed by atoms with van der Waals surface area (Å²) in [5.41, 5.74) is 2.54. The number of benzene rings is 2. The molecule has 0 aromatic heterocycles. The number of hydrogen-bond donors (Lipinski definition) is 1. The van der Waals surface area contributed by atoms with Gasteiger partial charge in [-0.15, -0.1) is 0 Å². The second-order valence-electron chi connectivity index (χ2n) is 9.00. The Hall–Kier alpha value is -2.82. The van der Waals surface area contributed by atoms with Gasteiger partial charge in [0.15, 0.2) is 0 Å². The van der Waals surface area contributed by atoms with Crippen molar-refractivity contribution in [3.05, 3.63) is 53.6 Å². The number of nitrogens with one attached hydrogen (secondary N) is 1. The molecule has 0 unspecified atom stereocenters. The molecule has 2 amide bonds. The molecule has 2 aromatic rings. The van der Waals surface area contributed by atoms with Crippen LogP contribution in [0.25, 0.3) is 0 Å². The van der Waals surface area contributed by atoms with Crippen LogP contribution in [0.1, 0.15) is 50.5 Å². The lowest BCUT2D eigenvalue weighted by Crippen LogP contribution is -2.39. The zero-order valence-electron chi connectivity index (χ0n) is 17.4. The largest absolute Gasteiger partial charge is 0.490 e. The van der Waals surface area contributed by atoms with Crippen LogP contribution >= 0.6 is 0 Å². The Balaban J connectivity index is 1.80. The maximum absolute atomic E-state index is 12.6. The fraction of sp³-hybridized carbons (Fsp3) is 0.391. The summed E-state index contributed by atoms with van der Waals surface area (Å²) in [6.45, 7) is 10.4. The van der Waals surface area contributed by atoms with Crippen molar-refractivity contribution in [2.24, 2.45) is 5.41 Å². The minimum absolute atomic E-state index is 0.00183. The van der Waals surface area contributed by atoms with E-state index in [1.54, 1.807) is 30.1 Å². The zero-order valence-corrected chi connectivity index (χ0v) is 17.4. The van der Waals surface area contributed by atoms with Crippen molar-refractivity contribution in [2.75, 3.05) is 23.9 Å². The summed E-state index contributed by atoms with van der Waals surface area (Å²) in [5.74, 6) is 0.406. The van der Waals surface area contributed by atoms with Crippen LogP contribution in [0.15, 0.2) is 42.5 Å². The number of anilines is 2. The van der Waals surface area contributed by atoms with E-state index >= 15 is 0 Å². The smallest absolute Gasteiger partial charge is 0.255 e. The molecule has 0 aliphatic carbocycles. The van der Waals surface area contributed by atoms with E-state index in [1.165, 1.54) is 5.56 Å². The lowest BCUT2D eigenvalue weighted by molar-refractivity contribution is -0.127. The Labute approximate surface area is 166 Å². The van der Waals surface area contributed by atoms with Gasteiger partial charge in [0.05, 0.1) is 11.1 Å². The molecule has 0 saturated carbocycles. The van der Waals surface area contributed by atoms with Crippen molar-refractivity contribution in [3.8, 4) is 5.75 Å². The number of carbonyl (C=O) groups excluding carboxylic acids is 2. The van der Waals surface area contributed by atoms with Gasteiger partial charge in [-0.2, -0.15) is 0 Å². The molecular formula is C23H28N2O3.